The van der Waals surface area contributed by atoms with E-state index in [0.29, 0.717) is 23.8 Å². The largest absolute Gasteiger partial charge is 0.397 e. The number of morpholine rings is 1. The number of hydrogen-bond acceptors (Lipinski definition) is 6. The van der Waals surface area contributed by atoms with Gasteiger partial charge in [-0.2, -0.15) is 0 Å². The number of fused-ring (bicyclic) bond motifs is 1. The number of thiophene rings is 1. The third-order valence-corrected chi connectivity index (χ3v) is 4.27. The van der Waals surface area contributed by atoms with Crippen molar-refractivity contribution in [2.75, 3.05) is 36.9 Å². The zero-order valence-corrected chi connectivity index (χ0v) is 11.1. The molecular formula is C12H14N4O2S. The minimum atomic E-state index is -0.506. The van der Waals surface area contributed by atoms with Gasteiger partial charge in [0, 0.05) is 18.5 Å². The molecule has 0 atom stereocenters. The van der Waals surface area contributed by atoms with Crippen LogP contribution < -0.4 is 16.4 Å². The number of amides is 1. The molecule has 0 radical (unpaired) electrons. The van der Waals surface area contributed by atoms with E-state index >= 15 is 0 Å². The lowest BCUT2D eigenvalue weighted by molar-refractivity contribution is 0.100. The van der Waals surface area contributed by atoms with Gasteiger partial charge in [0.1, 0.15) is 15.5 Å². The number of nitrogens with two attached hydrogens (primary N) is 2. The minimum absolute atomic E-state index is 0.377. The van der Waals surface area contributed by atoms with E-state index in [4.69, 9.17) is 16.2 Å². The van der Waals surface area contributed by atoms with Gasteiger partial charge in [-0.25, -0.2) is 4.98 Å². The Bertz CT molecular complexity index is 634. The van der Waals surface area contributed by atoms with Crippen LogP contribution in [-0.4, -0.2) is 37.2 Å². The number of ether oxygens (including phenoxy) is 1. The summed E-state index contributed by atoms with van der Waals surface area (Å²) in [5, 5.41) is 0.788. The molecular weight excluding hydrogens is 264 g/mol. The Labute approximate surface area is 114 Å². The van der Waals surface area contributed by atoms with Gasteiger partial charge < -0.3 is 21.1 Å². The van der Waals surface area contributed by atoms with E-state index < -0.39 is 5.91 Å². The molecule has 3 heterocycles. The van der Waals surface area contributed by atoms with Crippen molar-refractivity contribution in [3.63, 3.8) is 0 Å². The van der Waals surface area contributed by atoms with E-state index in [-0.39, 0.29) is 0 Å². The van der Waals surface area contributed by atoms with Crippen molar-refractivity contribution in [2.24, 2.45) is 5.73 Å². The number of carbonyl (C=O) groups excluding carboxylic acids is 1. The summed E-state index contributed by atoms with van der Waals surface area (Å²) in [5.74, 6) is 0.376. The van der Waals surface area contributed by atoms with Gasteiger partial charge in [0.2, 0.25) is 0 Å². The van der Waals surface area contributed by atoms with Crippen molar-refractivity contribution in [2.45, 2.75) is 0 Å². The van der Waals surface area contributed by atoms with Gasteiger partial charge in [-0.15, -0.1) is 11.3 Å². The minimum Gasteiger partial charge on any atom is -0.397 e. The first-order valence-electron chi connectivity index (χ1n) is 5.98. The SMILES string of the molecule is NC(=O)c1sc2nc(N3CCOCC3)ccc2c1N. The van der Waals surface area contributed by atoms with Gasteiger partial charge in [-0.05, 0) is 12.1 Å². The Kier molecular flexibility index (Phi) is 3.00. The molecule has 0 aromatic carbocycles. The van der Waals surface area contributed by atoms with Crippen molar-refractivity contribution >= 4 is 39.0 Å². The molecule has 0 spiro atoms. The third-order valence-electron chi connectivity index (χ3n) is 3.14. The topological polar surface area (TPSA) is 94.5 Å². The molecule has 7 heteroatoms. The number of nitrogens with zero attached hydrogens (tertiary/aromatic N) is 2. The van der Waals surface area contributed by atoms with Gasteiger partial charge in [-0.3, -0.25) is 4.79 Å². The summed E-state index contributed by atoms with van der Waals surface area (Å²) in [6, 6.07) is 3.81. The molecule has 4 N–H and O–H groups in total. The predicted molar refractivity (Wildman–Crippen MR) is 75.6 cm³/mol. The fourth-order valence-electron chi connectivity index (χ4n) is 2.14. The van der Waals surface area contributed by atoms with Crippen LogP contribution in [0.1, 0.15) is 9.67 Å². The van der Waals surface area contributed by atoms with Crippen molar-refractivity contribution < 1.29 is 9.53 Å². The van der Waals surface area contributed by atoms with Crippen LogP contribution in [0.4, 0.5) is 11.5 Å². The van der Waals surface area contributed by atoms with Crippen LogP contribution in [0.25, 0.3) is 10.2 Å². The lowest BCUT2D eigenvalue weighted by Gasteiger charge is -2.27. The Balaban J connectivity index is 2.03. The van der Waals surface area contributed by atoms with Crippen molar-refractivity contribution in [1.82, 2.24) is 4.98 Å². The van der Waals surface area contributed by atoms with Crippen LogP contribution in [0, 0.1) is 0 Å². The molecule has 0 bridgehead atoms. The monoisotopic (exact) mass is 278 g/mol. The molecule has 6 nitrogen and oxygen atoms in total. The van der Waals surface area contributed by atoms with Crippen LogP contribution in [0.3, 0.4) is 0 Å². The number of pyridine rings is 1. The average Bonchev–Trinajstić information content (AvgIpc) is 2.77. The number of nitrogen functional groups attached to an aromatic ring is 1. The molecule has 2 aromatic rings. The standard InChI is InChI=1S/C12H14N4O2S/c13-9-7-1-2-8(16-3-5-18-6-4-16)15-12(7)19-10(9)11(14)17/h1-2H,3-6,13H2,(H2,14,17). The highest BCUT2D eigenvalue weighted by atomic mass is 32.1. The Morgan fingerprint density at radius 1 is 1.37 bits per heavy atom. The summed E-state index contributed by atoms with van der Waals surface area (Å²) >= 11 is 1.24. The lowest BCUT2D eigenvalue weighted by Crippen LogP contribution is -2.36. The van der Waals surface area contributed by atoms with Crippen molar-refractivity contribution in [1.29, 1.82) is 0 Å². The zero-order chi connectivity index (χ0) is 13.4. The van der Waals surface area contributed by atoms with Crippen LogP contribution in [0.15, 0.2) is 12.1 Å². The van der Waals surface area contributed by atoms with Crippen LogP contribution >= 0.6 is 11.3 Å². The molecule has 19 heavy (non-hydrogen) atoms. The summed E-state index contributed by atoms with van der Waals surface area (Å²) in [4.78, 5) is 19.1. The van der Waals surface area contributed by atoms with Gasteiger partial charge in [0.25, 0.3) is 5.91 Å². The second-order valence-corrected chi connectivity index (χ2v) is 5.33. The maximum atomic E-state index is 11.3. The number of rotatable bonds is 2. The van der Waals surface area contributed by atoms with Crippen LogP contribution in [-0.2, 0) is 4.74 Å². The number of primary amides is 1. The Morgan fingerprint density at radius 2 is 2.11 bits per heavy atom. The third kappa shape index (κ3) is 2.11. The highest BCUT2D eigenvalue weighted by Gasteiger charge is 2.17. The van der Waals surface area contributed by atoms with Gasteiger partial charge >= 0.3 is 0 Å². The zero-order valence-electron chi connectivity index (χ0n) is 10.3. The van der Waals surface area contributed by atoms with E-state index in [2.05, 4.69) is 9.88 Å². The Morgan fingerprint density at radius 3 is 2.79 bits per heavy atom. The summed E-state index contributed by atoms with van der Waals surface area (Å²) < 4.78 is 5.32. The van der Waals surface area contributed by atoms with E-state index in [9.17, 15) is 4.79 Å². The molecule has 1 aliphatic rings. The first-order valence-corrected chi connectivity index (χ1v) is 6.80. The number of carbonyl (C=O) groups is 1. The molecule has 0 aliphatic carbocycles. The molecule has 0 saturated carbocycles. The summed E-state index contributed by atoms with van der Waals surface area (Å²) in [6.45, 7) is 3.06. The number of hydrogen-bond donors (Lipinski definition) is 2. The fraction of sp³-hybridized carbons (Fsp3) is 0.333. The summed E-state index contributed by atoms with van der Waals surface area (Å²) in [7, 11) is 0. The molecule has 1 saturated heterocycles. The first-order chi connectivity index (χ1) is 9.16. The van der Waals surface area contributed by atoms with Crippen LogP contribution in [0.2, 0.25) is 0 Å². The molecule has 100 valence electrons. The predicted octanol–water partition coefficient (Wildman–Crippen LogP) is 0.814. The number of anilines is 2. The second-order valence-electron chi connectivity index (χ2n) is 4.33. The average molecular weight is 278 g/mol. The summed E-state index contributed by atoms with van der Waals surface area (Å²) in [5.41, 5.74) is 11.6. The maximum absolute atomic E-state index is 11.3. The molecule has 0 unspecified atom stereocenters. The second kappa shape index (κ2) is 4.67. The van der Waals surface area contributed by atoms with Crippen molar-refractivity contribution in [3.05, 3.63) is 17.0 Å². The molecule has 1 fully saturated rings. The lowest BCUT2D eigenvalue weighted by atomic mass is 10.2. The highest BCUT2D eigenvalue weighted by Crippen LogP contribution is 2.33. The maximum Gasteiger partial charge on any atom is 0.260 e. The van der Waals surface area contributed by atoms with Gasteiger partial charge in [-0.1, -0.05) is 0 Å². The van der Waals surface area contributed by atoms with E-state index in [1.807, 2.05) is 12.1 Å². The van der Waals surface area contributed by atoms with E-state index in [0.717, 1.165) is 29.1 Å². The van der Waals surface area contributed by atoms with Crippen LogP contribution in [0.5, 0.6) is 0 Å². The fourth-order valence-corrected chi connectivity index (χ4v) is 3.08. The van der Waals surface area contributed by atoms with E-state index in [1.165, 1.54) is 11.3 Å². The smallest absolute Gasteiger partial charge is 0.260 e. The summed E-state index contributed by atoms with van der Waals surface area (Å²) in [6.07, 6.45) is 0. The van der Waals surface area contributed by atoms with Gasteiger partial charge in [0.05, 0.1) is 18.9 Å². The molecule has 1 amide bonds. The normalized spacial score (nSPS) is 15.9. The highest BCUT2D eigenvalue weighted by molar-refractivity contribution is 7.21. The molecule has 1 aliphatic heterocycles. The number of aromatic nitrogens is 1. The van der Waals surface area contributed by atoms with Gasteiger partial charge in [0.15, 0.2) is 0 Å². The quantitative estimate of drug-likeness (QED) is 0.848. The molecule has 2 aromatic heterocycles. The van der Waals surface area contributed by atoms with Crippen molar-refractivity contribution in [3.8, 4) is 0 Å². The first kappa shape index (κ1) is 12.2. The van der Waals surface area contributed by atoms with E-state index in [1.54, 1.807) is 0 Å². The Hall–Kier alpha value is -1.86. The molecule has 3 rings (SSSR count).